The van der Waals surface area contributed by atoms with Gasteiger partial charge in [0.15, 0.2) is 0 Å². The smallest absolute Gasteiger partial charge is 0.337 e. The summed E-state index contributed by atoms with van der Waals surface area (Å²) >= 11 is 1.57. The van der Waals surface area contributed by atoms with Crippen LogP contribution >= 0.6 is 11.3 Å². The molecule has 0 aliphatic heterocycles. The fourth-order valence-electron chi connectivity index (χ4n) is 1.88. The molecule has 0 atom stereocenters. The quantitative estimate of drug-likeness (QED) is 0.909. The maximum atomic E-state index is 12.1. The summed E-state index contributed by atoms with van der Waals surface area (Å²) in [6, 6.07) is 6.52. The maximum Gasteiger partial charge on any atom is 0.337 e. The van der Waals surface area contributed by atoms with Crippen LogP contribution in [-0.4, -0.2) is 29.1 Å². The second kappa shape index (κ2) is 6.41. The Hall–Kier alpha value is -2.34. The van der Waals surface area contributed by atoms with Gasteiger partial charge in [-0.15, -0.1) is 0 Å². The number of aromatic carboxylic acids is 1. The number of carboxylic acid groups (broad SMARTS) is 1. The van der Waals surface area contributed by atoms with Crippen LogP contribution in [0.5, 0.6) is 0 Å². The number of benzene rings is 1. The summed E-state index contributed by atoms with van der Waals surface area (Å²) in [6.45, 7) is 2.28. The molecule has 0 spiro atoms. The third-order valence-electron chi connectivity index (χ3n) is 2.99. The van der Waals surface area contributed by atoms with Gasteiger partial charge in [0.1, 0.15) is 0 Å². The number of carbonyl (C=O) groups excluding carboxylic acids is 1. The van der Waals surface area contributed by atoms with Crippen molar-refractivity contribution in [3.8, 4) is 0 Å². The minimum atomic E-state index is -1.06. The highest BCUT2D eigenvalue weighted by Crippen LogP contribution is 2.18. The Labute approximate surface area is 126 Å². The number of nitrogens with zero attached hydrogens (tertiary/aromatic N) is 1. The van der Waals surface area contributed by atoms with Crippen LogP contribution in [0.25, 0.3) is 0 Å². The van der Waals surface area contributed by atoms with Gasteiger partial charge in [0.05, 0.1) is 11.3 Å². The van der Waals surface area contributed by atoms with E-state index in [1.165, 1.54) is 11.0 Å². The van der Waals surface area contributed by atoms with E-state index in [9.17, 15) is 14.7 Å². The van der Waals surface area contributed by atoms with Crippen molar-refractivity contribution in [2.75, 3.05) is 12.4 Å². The van der Waals surface area contributed by atoms with Crippen LogP contribution in [0.1, 0.15) is 21.5 Å². The number of hydrogen-bond acceptors (Lipinski definition) is 3. The van der Waals surface area contributed by atoms with Crippen molar-refractivity contribution >= 4 is 29.0 Å². The summed E-state index contributed by atoms with van der Waals surface area (Å²) in [5, 5.41) is 15.7. The van der Waals surface area contributed by atoms with E-state index >= 15 is 0 Å². The predicted molar refractivity (Wildman–Crippen MR) is 82.9 cm³/mol. The van der Waals surface area contributed by atoms with E-state index in [1.54, 1.807) is 37.4 Å². The molecule has 0 bridgehead atoms. The van der Waals surface area contributed by atoms with E-state index in [1.807, 2.05) is 16.8 Å². The second-order valence-electron chi connectivity index (χ2n) is 4.77. The Morgan fingerprint density at radius 1 is 1.33 bits per heavy atom. The summed E-state index contributed by atoms with van der Waals surface area (Å²) in [4.78, 5) is 24.8. The van der Waals surface area contributed by atoms with Crippen molar-refractivity contribution < 1.29 is 14.7 Å². The number of amides is 2. The molecule has 1 heterocycles. The molecule has 2 amide bonds. The average Bonchev–Trinajstić information content (AvgIpc) is 2.93. The zero-order valence-corrected chi connectivity index (χ0v) is 12.6. The van der Waals surface area contributed by atoms with Gasteiger partial charge in [0, 0.05) is 13.6 Å². The first-order valence-corrected chi connectivity index (χ1v) is 7.29. The molecule has 1 aromatic carbocycles. The fraction of sp³-hybridized carbons (Fsp3) is 0.200. The number of thiophene rings is 1. The first-order chi connectivity index (χ1) is 9.97. The van der Waals surface area contributed by atoms with Crippen molar-refractivity contribution in [1.82, 2.24) is 4.90 Å². The third kappa shape index (κ3) is 3.82. The topological polar surface area (TPSA) is 69.6 Å². The standard InChI is InChI=1S/C15H16N2O3S/c1-10-3-4-13(12(7-10)14(18)19)16-15(20)17(2)8-11-5-6-21-9-11/h3-7,9H,8H2,1-2H3,(H,16,20)(H,18,19). The Morgan fingerprint density at radius 2 is 2.10 bits per heavy atom. The van der Waals surface area contributed by atoms with Crippen molar-refractivity contribution in [2.24, 2.45) is 0 Å². The van der Waals surface area contributed by atoms with Gasteiger partial charge in [-0.1, -0.05) is 11.6 Å². The molecular weight excluding hydrogens is 288 g/mol. The molecule has 1 aromatic heterocycles. The first kappa shape index (κ1) is 15.1. The average molecular weight is 304 g/mol. The molecule has 2 aromatic rings. The van der Waals surface area contributed by atoms with Crippen LogP contribution in [0.3, 0.4) is 0 Å². The van der Waals surface area contributed by atoms with Crippen molar-refractivity contribution in [3.63, 3.8) is 0 Å². The van der Waals surface area contributed by atoms with Crippen LogP contribution in [-0.2, 0) is 6.54 Å². The van der Waals surface area contributed by atoms with Crippen molar-refractivity contribution in [3.05, 3.63) is 51.7 Å². The van der Waals surface area contributed by atoms with Gasteiger partial charge in [0.2, 0.25) is 0 Å². The summed E-state index contributed by atoms with van der Waals surface area (Å²) in [5.41, 5.74) is 2.26. The maximum absolute atomic E-state index is 12.1. The zero-order chi connectivity index (χ0) is 15.4. The van der Waals surface area contributed by atoms with Gasteiger partial charge < -0.3 is 15.3 Å². The number of anilines is 1. The predicted octanol–water partition coefficient (Wildman–Crippen LogP) is 3.42. The molecule has 0 saturated heterocycles. The molecule has 0 aliphatic rings. The van der Waals surface area contributed by atoms with E-state index in [4.69, 9.17) is 0 Å². The van der Waals surface area contributed by atoms with Crippen LogP contribution < -0.4 is 5.32 Å². The largest absolute Gasteiger partial charge is 0.478 e. The van der Waals surface area contributed by atoms with Gasteiger partial charge in [0.25, 0.3) is 0 Å². The molecule has 0 unspecified atom stereocenters. The Bertz CT molecular complexity index is 653. The van der Waals surface area contributed by atoms with E-state index in [0.29, 0.717) is 12.2 Å². The van der Waals surface area contributed by atoms with Gasteiger partial charge in [-0.05, 0) is 41.4 Å². The van der Waals surface area contributed by atoms with Crippen LogP contribution in [0.15, 0.2) is 35.0 Å². The van der Waals surface area contributed by atoms with E-state index in [-0.39, 0.29) is 11.6 Å². The number of hydrogen-bond donors (Lipinski definition) is 2. The van der Waals surface area contributed by atoms with E-state index < -0.39 is 5.97 Å². The first-order valence-electron chi connectivity index (χ1n) is 6.34. The SMILES string of the molecule is Cc1ccc(NC(=O)N(C)Cc2ccsc2)c(C(=O)O)c1. The minimum absolute atomic E-state index is 0.0901. The lowest BCUT2D eigenvalue weighted by Gasteiger charge is -2.18. The van der Waals surface area contributed by atoms with Gasteiger partial charge >= 0.3 is 12.0 Å². The molecule has 6 heteroatoms. The molecule has 0 fully saturated rings. The van der Waals surface area contributed by atoms with E-state index in [0.717, 1.165) is 11.1 Å². The number of rotatable bonds is 4. The van der Waals surface area contributed by atoms with Gasteiger partial charge in [-0.25, -0.2) is 9.59 Å². The molecule has 110 valence electrons. The Kier molecular flexibility index (Phi) is 4.59. The van der Waals surface area contributed by atoms with Crippen molar-refractivity contribution in [2.45, 2.75) is 13.5 Å². The lowest BCUT2D eigenvalue weighted by molar-refractivity contribution is 0.0698. The molecule has 2 N–H and O–H groups in total. The van der Waals surface area contributed by atoms with Crippen LogP contribution in [0.2, 0.25) is 0 Å². The second-order valence-corrected chi connectivity index (χ2v) is 5.55. The number of aryl methyl sites for hydroxylation is 1. The summed E-state index contributed by atoms with van der Waals surface area (Å²) in [5.74, 6) is -1.06. The molecular formula is C15H16N2O3S. The molecule has 0 radical (unpaired) electrons. The Balaban J connectivity index is 2.10. The number of urea groups is 1. The molecule has 0 saturated carbocycles. The number of carbonyl (C=O) groups is 2. The summed E-state index contributed by atoms with van der Waals surface area (Å²) < 4.78 is 0. The molecule has 0 aliphatic carbocycles. The highest BCUT2D eigenvalue weighted by atomic mass is 32.1. The van der Waals surface area contributed by atoms with E-state index in [2.05, 4.69) is 5.32 Å². The molecule has 2 rings (SSSR count). The van der Waals surface area contributed by atoms with Crippen LogP contribution in [0, 0.1) is 6.92 Å². The normalized spacial score (nSPS) is 10.2. The lowest BCUT2D eigenvalue weighted by Crippen LogP contribution is -2.31. The lowest BCUT2D eigenvalue weighted by atomic mass is 10.1. The monoisotopic (exact) mass is 304 g/mol. The minimum Gasteiger partial charge on any atom is -0.478 e. The molecule has 21 heavy (non-hydrogen) atoms. The zero-order valence-electron chi connectivity index (χ0n) is 11.8. The molecule has 5 nitrogen and oxygen atoms in total. The van der Waals surface area contributed by atoms with Gasteiger partial charge in [-0.2, -0.15) is 11.3 Å². The Morgan fingerprint density at radius 3 is 2.71 bits per heavy atom. The number of carboxylic acids is 1. The van der Waals surface area contributed by atoms with Crippen molar-refractivity contribution in [1.29, 1.82) is 0 Å². The highest BCUT2D eigenvalue weighted by Gasteiger charge is 2.15. The van der Waals surface area contributed by atoms with Gasteiger partial charge in [-0.3, -0.25) is 0 Å². The third-order valence-corrected chi connectivity index (χ3v) is 3.73. The number of nitrogens with one attached hydrogen (secondary N) is 1. The summed E-state index contributed by atoms with van der Waals surface area (Å²) in [7, 11) is 1.67. The fourth-order valence-corrected chi connectivity index (χ4v) is 2.54. The summed E-state index contributed by atoms with van der Waals surface area (Å²) in [6.07, 6.45) is 0. The van der Waals surface area contributed by atoms with Crippen LogP contribution in [0.4, 0.5) is 10.5 Å². The highest BCUT2D eigenvalue weighted by molar-refractivity contribution is 7.07.